The number of halogens is 2. The fourth-order valence-corrected chi connectivity index (χ4v) is 8.93. The van der Waals surface area contributed by atoms with E-state index >= 15 is 0 Å². The highest BCUT2D eigenvalue weighted by molar-refractivity contribution is 9.73. The van der Waals surface area contributed by atoms with Crippen molar-refractivity contribution >= 4 is 51.5 Å². The van der Waals surface area contributed by atoms with E-state index in [0.717, 1.165) is 22.6 Å². The molecule has 0 radical (unpaired) electrons. The van der Waals surface area contributed by atoms with Crippen LogP contribution in [0.4, 0.5) is 0 Å². The number of rotatable bonds is 5. The van der Waals surface area contributed by atoms with Crippen LogP contribution < -0.4 is 9.47 Å². The summed E-state index contributed by atoms with van der Waals surface area (Å²) in [5.74, 6) is 1.70. The lowest BCUT2D eigenvalue weighted by Gasteiger charge is -2.26. The minimum Gasteiger partial charge on any atom is -0.497 e. The zero-order chi connectivity index (χ0) is 21.1. The molecule has 0 aromatic heterocycles. The third kappa shape index (κ3) is 4.23. The highest BCUT2D eigenvalue weighted by atomic mass is 79.9. The Morgan fingerprint density at radius 1 is 0.600 bits per heavy atom. The molecule has 0 bridgehead atoms. The SMILES string of the molecule is COc1ccc(C2=CC(c3ccccc3)=CC(c3ccc(OC)cc3)=P2(Br)Br)cc1. The smallest absolute Gasteiger partial charge is 0.118 e. The summed E-state index contributed by atoms with van der Waals surface area (Å²) in [6.07, 6.45) is 4.56. The second kappa shape index (κ2) is 9.01. The molecule has 5 heteroatoms. The van der Waals surface area contributed by atoms with E-state index in [1.165, 1.54) is 21.7 Å². The predicted molar refractivity (Wildman–Crippen MR) is 137 cm³/mol. The topological polar surface area (TPSA) is 18.5 Å². The molecule has 0 spiro atoms. The van der Waals surface area contributed by atoms with Gasteiger partial charge in [-0.15, -0.1) is 0 Å². The number of benzene rings is 3. The Labute approximate surface area is 193 Å². The van der Waals surface area contributed by atoms with Crippen LogP contribution in [0.25, 0.3) is 10.9 Å². The average Bonchev–Trinajstić information content (AvgIpc) is 2.79. The van der Waals surface area contributed by atoms with Crippen LogP contribution in [0.5, 0.6) is 11.5 Å². The van der Waals surface area contributed by atoms with E-state index in [1.54, 1.807) is 14.2 Å². The molecule has 152 valence electrons. The Kier molecular flexibility index (Phi) is 6.38. The van der Waals surface area contributed by atoms with Crippen molar-refractivity contribution < 1.29 is 9.47 Å². The third-order valence-corrected chi connectivity index (χ3v) is 11.6. The van der Waals surface area contributed by atoms with E-state index in [2.05, 4.69) is 91.7 Å². The largest absolute Gasteiger partial charge is 0.497 e. The van der Waals surface area contributed by atoms with Crippen LogP contribution >= 0.6 is 35.3 Å². The Hall–Kier alpha value is -2.00. The molecule has 0 fully saturated rings. The predicted octanol–water partition coefficient (Wildman–Crippen LogP) is 8.00. The molecule has 0 aliphatic carbocycles. The zero-order valence-electron chi connectivity index (χ0n) is 16.7. The van der Waals surface area contributed by atoms with Crippen molar-refractivity contribution in [1.82, 2.24) is 0 Å². The second-order valence-corrected chi connectivity index (χ2v) is 18.1. The van der Waals surface area contributed by atoms with Crippen molar-refractivity contribution in [3.8, 4) is 11.5 Å². The molecular weight excluding hydrogens is 523 g/mol. The highest BCUT2D eigenvalue weighted by Crippen LogP contribution is 2.75. The van der Waals surface area contributed by atoms with E-state index in [1.807, 2.05) is 30.3 Å². The quantitative estimate of drug-likeness (QED) is 0.303. The van der Waals surface area contributed by atoms with Gasteiger partial charge in [-0.2, -0.15) is 0 Å². The van der Waals surface area contributed by atoms with Crippen molar-refractivity contribution in [2.24, 2.45) is 0 Å². The molecule has 1 aliphatic rings. The number of methoxy groups -OCH3 is 2. The van der Waals surface area contributed by atoms with Gasteiger partial charge in [0.1, 0.15) is 11.5 Å². The second-order valence-electron chi connectivity index (χ2n) is 6.85. The standard InChI is InChI=1S/C25H21Br2O2P/c1-28-22-12-8-19(9-13-22)24-16-21(18-6-4-3-5-7-18)17-25(30(24,26)27)20-10-14-23(29-2)15-11-20/h3-17H,1-2H3. The van der Waals surface area contributed by atoms with Crippen LogP contribution in [0, 0.1) is 0 Å². The van der Waals surface area contributed by atoms with E-state index in [4.69, 9.17) is 9.47 Å². The van der Waals surface area contributed by atoms with E-state index < -0.39 is 4.29 Å². The normalized spacial score (nSPS) is 15.3. The van der Waals surface area contributed by atoms with Gasteiger partial charge in [0.05, 0.1) is 18.5 Å². The zero-order valence-corrected chi connectivity index (χ0v) is 20.7. The molecule has 0 amide bonds. The minimum atomic E-state index is -1.96. The van der Waals surface area contributed by atoms with Gasteiger partial charge < -0.3 is 9.47 Å². The van der Waals surface area contributed by atoms with Gasteiger partial charge >= 0.3 is 0 Å². The average molecular weight is 544 g/mol. The van der Waals surface area contributed by atoms with Gasteiger partial charge in [0.25, 0.3) is 0 Å². The summed E-state index contributed by atoms with van der Waals surface area (Å²) in [7, 11) is 3.37. The molecule has 1 aliphatic heterocycles. The number of hydrogen-bond acceptors (Lipinski definition) is 2. The first-order chi connectivity index (χ1) is 14.5. The molecule has 4 rings (SSSR count). The van der Waals surface area contributed by atoms with Gasteiger partial charge in [-0.1, -0.05) is 54.6 Å². The summed E-state index contributed by atoms with van der Waals surface area (Å²) in [5.41, 5.74) is 4.69. The van der Waals surface area contributed by atoms with Gasteiger partial charge in [-0.05, 0) is 89.7 Å². The maximum absolute atomic E-state index is 5.35. The molecule has 0 unspecified atom stereocenters. The van der Waals surface area contributed by atoms with Crippen molar-refractivity contribution in [2.75, 3.05) is 14.2 Å². The molecule has 0 atom stereocenters. The van der Waals surface area contributed by atoms with Crippen LogP contribution in [0.1, 0.15) is 16.7 Å². The monoisotopic (exact) mass is 542 g/mol. The number of ether oxygens (including phenoxy) is 2. The summed E-state index contributed by atoms with van der Waals surface area (Å²) in [6, 6.07) is 26.9. The fourth-order valence-electron chi connectivity index (χ4n) is 3.44. The lowest BCUT2D eigenvalue weighted by atomic mass is 10.0. The first-order valence-corrected chi connectivity index (χ1v) is 15.3. The molecule has 1 heterocycles. The summed E-state index contributed by atoms with van der Waals surface area (Å²) >= 11 is 8.17. The number of allylic oxidation sites excluding steroid dienone is 3. The molecule has 0 saturated carbocycles. The van der Waals surface area contributed by atoms with Crippen LogP contribution in [-0.2, 0) is 0 Å². The fraction of sp³-hybridized carbons (Fsp3) is 0.0800. The van der Waals surface area contributed by atoms with Crippen molar-refractivity contribution in [2.45, 2.75) is 0 Å². The molecule has 0 N–H and O–H groups in total. The Bertz CT molecular complexity index is 1160. The molecule has 2 nitrogen and oxygen atoms in total. The molecule has 3 aromatic carbocycles. The van der Waals surface area contributed by atoms with Crippen LogP contribution in [-0.4, -0.2) is 19.5 Å². The van der Waals surface area contributed by atoms with E-state index in [9.17, 15) is 0 Å². The van der Waals surface area contributed by atoms with Crippen molar-refractivity contribution in [1.29, 1.82) is 0 Å². The van der Waals surface area contributed by atoms with Crippen LogP contribution in [0.15, 0.2) is 91.0 Å². The lowest BCUT2D eigenvalue weighted by Crippen LogP contribution is -2.03. The van der Waals surface area contributed by atoms with Gasteiger partial charge in [-0.25, -0.2) is 0 Å². The Morgan fingerprint density at radius 3 is 1.67 bits per heavy atom. The van der Waals surface area contributed by atoms with Crippen LogP contribution in [0.3, 0.4) is 0 Å². The van der Waals surface area contributed by atoms with Gasteiger partial charge in [-0.3, -0.25) is 0 Å². The van der Waals surface area contributed by atoms with E-state index in [0.29, 0.717) is 0 Å². The van der Waals surface area contributed by atoms with Crippen molar-refractivity contribution in [3.63, 3.8) is 0 Å². The molecule has 0 saturated heterocycles. The van der Waals surface area contributed by atoms with Crippen LogP contribution in [0.2, 0.25) is 0 Å². The maximum Gasteiger partial charge on any atom is 0.118 e. The Morgan fingerprint density at radius 2 is 1.13 bits per heavy atom. The molecular formula is C25H21Br2O2P. The first kappa shape index (κ1) is 21.2. The van der Waals surface area contributed by atoms with Gasteiger partial charge in [0, 0.05) is 10.6 Å². The minimum absolute atomic E-state index is 0.849. The molecule has 30 heavy (non-hydrogen) atoms. The number of hydrogen-bond donors (Lipinski definition) is 0. The maximum atomic E-state index is 5.35. The van der Waals surface area contributed by atoms with E-state index in [-0.39, 0.29) is 0 Å². The first-order valence-electron chi connectivity index (χ1n) is 9.47. The van der Waals surface area contributed by atoms with Gasteiger partial charge in [0.15, 0.2) is 0 Å². The Balaban J connectivity index is 1.93. The third-order valence-electron chi connectivity index (χ3n) is 5.07. The lowest BCUT2D eigenvalue weighted by molar-refractivity contribution is 0.414. The highest BCUT2D eigenvalue weighted by Gasteiger charge is 2.27. The molecule has 3 aromatic rings. The summed E-state index contributed by atoms with van der Waals surface area (Å²) in [4.78, 5) is 0. The van der Waals surface area contributed by atoms with Gasteiger partial charge in [0.2, 0.25) is 0 Å². The summed E-state index contributed by atoms with van der Waals surface area (Å²) in [5, 5.41) is 2.47. The van der Waals surface area contributed by atoms with Crippen molar-refractivity contribution in [3.05, 3.63) is 108 Å². The summed E-state index contributed by atoms with van der Waals surface area (Å²) in [6.45, 7) is 0. The summed E-state index contributed by atoms with van der Waals surface area (Å²) < 4.78 is 8.74.